The fourth-order valence-corrected chi connectivity index (χ4v) is 2.21. The predicted octanol–water partition coefficient (Wildman–Crippen LogP) is 4.27. The molecule has 0 N–H and O–H groups in total. The molecule has 1 nitrogen and oxygen atoms in total. The topological polar surface area (TPSA) is 9.23 Å². The molecule has 0 amide bonds. The third kappa shape index (κ3) is 5.27. The average molecular weight is 254 g/mol. The van der Waals surface area contributed by atoms with E-state index in [0.717, 1.165) is 25.9 Å². The zero-order valence-electron chi connectivity index (χ0n) is 11.6. The standard InChI is InChI=1S/C18H22O/c1-16(15-18-11-6-3-7-12-18)19-14-8-13-17-9-4-2-5-10-17/h2-7,9-12,16H,8,13-15H2,1H3. The van der Waals surface area contributed by atoms with Crippen molar-refractivity contribution in [3.05, 3.63) is 71.8 Å². The molecule has 19 heavy (non-hydrogen) atoms. The molecule has 1 atom stereocenters. The number of aryl methyl sites for hydroxylation is 1. The Morgan fingerprint density at radius 3 is 2.05 bits per heavy atom. The largest absolute Gasteiger partial charge is 0.378 e. The first-order chi connectivity index (χ1) is 9.34. The Labute approximate surface area is 116 Å². The van der Waals surface area contributed by atoms with E-state index in [1.165, 1.54) is 11.1 Å². The second kappa shape index (κ2) is 7.75. The van der Waals surface area contributed by atoms with Gasteiger partial charge >= 0.3 is 0 Å². The highest BCUT2D eigenvalue weighted by Gasteiger charge is 2.03. The summed E-state index contributed by atoms with van der Waals surface area (Å²) in [4.78, 5) is 0. The van der Waals surface area contributed by atoms with Crippen molar-refractivity contribution in [2.45, 2.75) is 32.3 Å². The van der Waals surface area contributed by atoms with Gasteiger partial charge in [-0.05, 0) is 37.3 Å². The number of rotatable bonds is 7. The number of ether oxygens (including phenoxy) is 1. The first kappa shape index (κ1) is 13.8. The molecule has 0 spiro atoms. The number of hydrogen-bond donors (Lipinski definition) is 0. The second-order valence-electron chi connectivity index (χ2n) is 4.96. The Bertz CT molecular complexity index is 450. The van der Waals surface area contributed by atoms with Gasteiger partial charge in [0, 0.05) is 6.61 Å². The lowest BCUT2D eigenvalue weighted by Crippen LogP contribution is -2.12. The van der Waals surface area contributed by atoms with Crippen LogP contribution in [0.25, 0.3) is 0 Å². The van der Waals surface area contributed by atoms with Crippen molar-refractivity contribution < 1.29 is 4.74 Å². The van der Waals surface area contributed by atoms with Gasteiger partial charge in [-0.1, -0.05) is 60.7 Å². The molecule has 0 aliphatic rings. The lowest BCUT2D eigenvalue weighted by Gasteiger charge is -2.13. The van der Waals surface area contributed by atoms with Crippen LogP contribution in [0.2, 0.25) is 0 Å². The zero-order valence-corrected chi connectivity index (χ0v) is 11.6. The van der Waals surface area contributed by atoms with Crippen LogP contribution in [0.15, 0.2) is 60.7 Å². The van der Waals surface area contributed by atoms with Gasteiger partial charge in [0.05, 0.1) is 6.10 Å². The minimum Gasteiger partial charge on any atom is -0.378 e. The minimum atomic E-state index is 0.290. The van der Waals surface area contributed by atoms with Crippen molar-refractivity contribution in [3.63, 3.8) is 0 Å². The Kier molecular flexibility index (Phi) is 5.64. The van der Waals surface area contributed by atoms with Crippen molar-refractivity contribution in [1.82, 2.24) is 0 Å². The van der Waals surface area contributed by atoms with E-state index < -0.39 is 0 Å². The molecule has 2 rings (SSSR count). The summed E-state index contributed by atoms with van der Waals surface area (Å²) >= 11 is 0. The summed E-state index contributed by atoms with van der Waals surface area (Å²) in [5.41, 5.74) is 2.74. The van der Waals surface area contributed by atoms with Crippen LogP contribution in [-0.2, 0) is 17.6 Å². The molecular weight excluding hydrogens is 232 g/mol. The third-order valence-electron chi connectivity index (χ3n) is 3.22. The Balaban J connectivity index is 1.63. The monoisotopic (exact) mass is 254 g/mol. The molecule has 0 bridgehead atoms. The van der Waals surface area contributed by atoms with Crippen molar-refractivity contribution in [2.24, 2.45) is 0 Å². The van der Waals surface area contributed by atoms with E-state index in [4.69, 9.17) is 4.74 Å². The summed E-state index contributed by atoms with van der Waals surface area (Å²) in [5, 5.41) is 0. The molecule has 0 radical (unpaired) electrons. The summed E-state index contributed by atoms with van der Waals surface area (Å²) < 4.78 is 5.87. The average Bonchev–Trinajstić information content (AvgIpc) is 2.46. The van der Waals surface area contributed by atoms with Gasteiger partial charge in [0.25, 0.3) is 0 Å². The van der Waals surface area contributed by atoms with Crippen LogP contribution in [0, 0.1) is 0 Å². The first-order valence-electron chi connectivity index (χ1n) is 7.04. The molecule has 2 aromatic carbocycles. The Morgan fingerprint density at radius 1 is 0.842 bits per heavy atom. The normalized spacial score (nSPS) is 12.3. The fourth-order valence-electron chi connectivity index (χ4n) is 2.21. The highest BCUT2D eigenvalue weighted by Crippen LogP contribution is 2.07. The van der Waals surface area contributed by atoms with Crippen LogP contribution in [0.3, 0.4) is 0 Å². The van der Waals surface area contributed by atoms with E-state index >= 15 is 0 Å². The summed E-state index contributed by atoms with van der Waals surface area (Å²) in [7, 11) is 0. The molecule has 2 aromatic rings. The van der Waals surface area contributed by atoms with Crippen LogP contribution in [0.1, 0.15) is 24.5 Å². The van der Waals surface area contributed by atoms with Crippen LogP contribution >= 0.6 is 0 Å². The van der Waals surface area contributed by atoms with Gasteiger partial charge in [0.15, 0.2) is 0 Å². The van der Waals surface area contributed by atoms with Crippen molar-refractivity contribution in [2.75, 3.05) is 6.61 Å². The third-order valence-corrected chi connectivity index (χ3v) is 3.22. The van der Waals surface area contributed by atoms with Crippen LogP contribution < -0.4 is 0 Å². The lowest BCUT2D eigenvalue weighted by atomic mass is 10.1. The molecule has 0 fully saturated rings. The maximum Gasteiger partial charge on any atom is 0.0587 e. The van der Waals surface area contributed by atoms with E-state index in [2.05, 4.69) is 67.6 Å². The summed E-state index contributed by atoms with van der Waals surface area (Å²) in [6.07, 6.45) is 3.46. The SMILES string of the molecule is CC(Cc1ccccc1)OCCCc1ccccc1. The quantitative estimate of drug-likeness (QED) is 0.671. The van der Waals surface area contributed by atoms with Crippen LogP contribution in [0.4, 0.5) is 0 Å². The Hall–Kier alpha value is -1.60. The molecule has 1 heteroatoms. The summed E-state index contributed by atoms with van der Waals surface area (Å²) in [6, 6.07) is 21.1. The predicted molar refractivity (Wildman–Crippen MR) is 80.3 cm³/mol. The van der Waals surface area contributed by atoms with Gasteiger partial charge in [-0.15, -0.1) is 0 Å². The van der Waals surface area contributed by atoms with E-state index in [0.29, 0.717) is 0 Å². The Morgan fingerprint density at radius 2 is 1.42 bits per heavy atom. The maximum atomic E-state index is 5.87. The lowest BCUT2D eigenvalue weighted by molar-refractivity contribution is 0.0648. The van der Waals surface area contributed by atoms with Crippen LogP contribution in [0.5, 0.6) is 0 Å². The van der Waals surface area contributed by atoms with Gasteiger partial charge < -0.3 is 4.74 Å². The second-order valence-corrected chi connectivity index (χ2v) is 4.96. The molecular formula is C18H22O. The molecule has 0 saturated heterocycles. The van der Waals surface area contributed by atoms with Crippen LogP contribution in [-0.4, -0.2) is 12.7 Å². The van der Waals surface area contributed by atoms with Gasteiger partial charge in [-0.3, -0.25) is 0 Å². The highest BCUT2D eigenvalue weighted by atomic mass is 16.5. The van der Waals surface area contributed by atoms with Gasteiger partial charge in [-0.25, -0.2) is 0 Å². The molecule has 0 heterocycles. The van der Waals surface area contributed by atoms with E-state index in [-0.39, 0.29) is 6.10 Å². The molecule has 1 unspecified atom stereocenters. The molecule has 0 saturated carbocycles. The van der Waals surface area contributed by atoms with Gasteiger partial charge in [0.1, 0.15) is 0 Å². The smallest absolute Gasteiger partial charge is 0.0587 e. The van der Waals surface area contributed by atoms with Crippen molar-refractivity contribution >= 4 is 0 Å². The summed E-state index contributed by atoms with van der Waals surface area (Å²) in [5.74, 6) is 0. The van der Waals surface area contributed by atoms with Crippen molar-refractivity contribution in [3.8, 4) is 0 Å². The minimum absolute atomic E-state index is 0.290. The summed E-state index contributed by atoms with van der Waals surface area (Å²) in [6.45, 7) is 2.98. The highest BCUT2D eigenvalue weighted by molar-refractivity contribution is 5.15. The van der Waals surface area contributed by atoms with Crippen molar-refractivity contribution in [1.29, 1.82) is 0 Å². The number of benzene rings is 2. The number of hydrogen-bond acceptors (Lipinski definition) is 1. The maximum absolute atomic E-state index is 5.87. The fraction of sp³-hybridized carbons (Fsp3) is 0.333. The van der Waals surface area contributed by atoms with Gasteiger partial charge in [-0.2, -0.15) is 0 Å². The molecule has 0 aromatic heterocycles. The van der Waals surface area contributed by atoms with E-state index in [1.54, 1.807) is 0 Å². The molecule has 0 aliphatic carbocycles. The molecule has 0 aliphatic heterocycles. The molecule has 100 valence electrons. The zero-order chi connectivity index (χ0) is 13.3. The van der Waals surface area contributed by atoms with E-state index in [1.807, 2.05) is 0 Å². The van der Waals surface area contributed by atoms with E-state index in [9.17, 15) is 0 Å². The first-order valence-corrected chi connectivity index (χ1v) is 7.04. The van der Waals surface area contributed by atoms with Gasteiger partial charge in [0.2, 0.25) is 0 Å².